The third-order valence-electron chi connectivity index (χ3n) is 11.1. The van der Waals surface area contributed by atoms with Gasteiger partial charge in [-0.15, -0.1) is 0 Å². The summed E-state index contributed by atoms with van der Waals surface area (Å²) in [6, 6.07) is 75.2. The molecule has 0 aliphatic heterocycles. The van der Waals surface area contributed by atoms with Gasteiger partial charge in [-0.05, 0) is 99.6 Å². The van der Waals surface area contributed by atoms with Gasteiger partial charge in [0.2, 0.25) is 0 Å². The number of benzene rings is 9. The molecule has 11 rings (SSSR count). The Balaban J connectivity index is 0.956. The summed E-state index contributed by atoms with van der Waals surface area (Å²) in [7, 11) is 0. The van der Waals surface area contributed by atoms with Crippen molar-refractivity contribution in [3.8, 4) is 44.5 Å². The molecule has 0 unspecified atom stereocenters. The van der Waals surface area contributed by atoms with Crippen LogP contribution in [0.2, 0.25) is 0 Å². The Kier molecular flexibility index (Phi) is 7.82. The van der Waals surface area contributed by atoms with Crippen molar-refractivity contribution in [1.29, 1.82) is 0 Å². The first-order chi connectivity index (χ1) is 28.2. The molecule has 0 saturated carbocycles. The van der Waals surface area contributed by atoms with E-state index in [1.165, 1.54) is 22.3 Å². The number of rotatable bonds is 7. The van der Waals surface area contributed by atoms with E-state index in [9.17, 15) is 0 Å². The molecule has 0 N–H and O–H groups in total. The summed E-state index contributed by atoms with van der Waals surface area (Å²) in [6.07, 6.45) is 0. The van der Waals surface area contributed by atoms with E-state index in [2.05, 4.69) is 193 Å². The van der Waals surface area contributed by atoms with Gasteiger partial charge in [0.1, 0.15) is 22.3 Å². The number of anilines is 3. The maximum Gasteiger partial charge on any atom is 0.143 e. The third kappa shape index (κ3) is 5.85. The van der Waals surface area contributed by atoms with Gasteiger partial charge < -0.3 is 13.7 Å². The lowest BCUT2D eigenvalue weighted by Gasteiger charge is -2.26. The van der Waals surface area contributed by atoms with Crippen molar-refractivity contribution in [2.75, 3.05) is 4.90 Å². The second-order valence-corrected chi connectivity index (χ2v) is 14.5. The first-order valence-corrected chi connectivity index (χ1v) is 19.3. The Morgan fingerprint density at radius 3 is 1.30 bits per heavy atom. The summed E-state index contributed by atoms with van der Waals surface area (Å²) in [4.78, 5) is 2.32. The van der Waals surface area contributed by atoms with Crippen LogP contribution in [0.3, 0.4) is 0 Å². The zero-order chi connectivity index (χ0) is 37.7. The quantitative estimate of drug-likeness (QED) is 0.164. The third-order valence-corrected chi connectivity index (χ3v) is 11.1. The van der Waals surface area contributed by atoms with Crippen LogP contribution in [-0.4, -0.2) is 0 Å². The molecule has 2 aromatic heterocycles. The minimum atomic E-state index is 0.896. The Hall–Kier alpha value is -7.62. The van der Waals surface area contributed by atoms with Crippen LogP contribution in [0, 0.1) is 0 Å². The number of furan rings is 2. The molecule has 0 aliphatic rings. The minimum absolute atomic E-state index is 0.896. The fraction of sp³-hybridized carbons (Fsp3) is 0. The highest BCUT2D eigenvalue weighted by Crippen LogP contribution is 2.41. The van der Waals surface area contributed by atoms with Crippen LogP contribution in [0.25, 0.3) is 88.4 Å². The van der Waals surface area contributed by atoms with Crippen molar-refractivity contribution in [3.63, 3.8) is 0 Å². The first-order valence-electron chi connectivity index (χ1n) is 19.3. The van der Waals surface area contributed by atoms with E-state index in [0.29, 0.717) is 0 Å². The normalized spacial score (nSPS) is 11.5. The predicted molar refractivity (Wildman–Crippen MR) is 237 cm³/mol. The Morgan fingerprint density at radius 1 is 0.263 bits per heavy atom. The monoisotopic (exact) mass is 729 g/mol. The van der Waals surface area contributed by atoms with Gasteiger partial charge in [0, 0.05) is 44.2 Å². The van der Waals surface area contributed by atoms with E-state index in [-0.39, 0.29) is 0 Å². The Morgan fingerprint density at radius 2 is 0.684 bits per heavy atom. The topological polar surface area (TPSA) is 29.5 Å². The summed E-state index contributed by atoms with van der Waals surface area (Å²) < 4.78 is 12.6. The van der Waals surface area contributed by atoms with Gasteiger partial charge in [-0.3, -0.25) is 0 Å². The lowest BCUT2D eigenvalue weighted by molar-refractivity contribution is 0.669. The van der Waals surface area contributed by atoms with Crippen molar-refractivity contribution >= 4 is 60.9 Å². The van der Waals surface area contributed by atoms with Crippen LogP contribution in [0.1, 0.15) is 0 Å². The van der Waals surface area contributed by atoms with Gasteiger partial charge in [0.25, 0.3) is 0 Å². The molecule has 0 bridgehead atoms. The highest BCUT2D eigenvalue weighted by Gasteiger charge is 2.16. The molecule has 9 aromatic carbocycles. The molecule has 268 valence electrons. The molecule has 0 saturated heterocycles. The van der Waals surface area contributed by atoms with Crippen LogP contribution in [0.4, 0.5) is 17.1 Å². The molecule has 0 radical (unpaired) electrons. The highest BCUT2D eigenvalue weighted by atomic mass is 16.3. The standard InChI is InChI=1S/C54H35NO2/c1-2-9-36(10-3-1)37-17-19-38(20-18-37)39-21-28-43(29-22-39)55(44-30-23-40(24-31-44)42-27-34-49-47-11-4-6-15-51(47)56-53(49)35-42)45-32-25-41(26-33-45)46-13-8-14-50-48-12-5-7-16-52(48)57-54(46)50/h1-35H. The smallest absolute Gasteiger partial charge is 0.143 e. The SMILES string of the molecule is c1ccc(-c2ccc(-c3ccc(N(c4ccc(-c5ccc6c(c5)oc5ccccc56)cc4)c4ccc(-c5cccc6c5oc5ccccc56)cc4)cc3)cc2)cc1. The van der Waals surface area contributed by atoms with Crippen molar-refractivity contribution in [3.05, 3.63) is 212 Å². The lowest BCUT2D eigenvalue weighted by atomic mass is 9.99. The molecule has 57 heavy (non-hydrogen) atoms. The number of para-hydroxylation sites is 3. The van der Waals surface area contributed by atoms with Crippen molar-refractivity contribution in [1.82, 2.24) is 0 Å². The fourth-order valence-corrected chi connectivity index (χ4v) is 8.21. The van der Waals surface area contributed by atoms with Crippen LogP contribution < -0.4 is 4.90 Å². The van der Waals surface area contributed by atoms with Gasteiger partial charge >= 0.3 is 0 Å². The van der Waals surface area contributed by atoms with Gasteiger partial charge in [-0.25, -0.2) is 0 Å². The van der Waals surface area contributed by atoms with Gasteiger partial charge in [-0.2, -0.15) is 0 Å². The van der Waals surface area contributed by atoms with Gasteiger partial charge in [0.15, 0.2) is 0 Å². The Labute approximate surface area is 330 Å². The summed E-state index contributed by atoms with van der Waals surface area (Å²) in [5, 5.41) is 4.53. The van der Waals surface area contributed by atoms with Crippen LogP contribution in [-0.2, 0) is 0 Å². The number of fused-ring (bicyclic) bond motifs is 6. The average molecular weight is 730 g/mol. The van der Waals surface area contributed by atoms with E-state index >= 15 is 0 Å². The number of hydrogen-bond acceptors (Lipinski definition) is 3. The predicted octanol–water partition coefficient (Wildman–Crippen LogP) is 15.6. The molecule has 0 spiro atoms. The maximum atomic E-state index is 6.40. The number of hydrogen-bond donors (Lipinski definition) is 0. The summed E-state index contributed by atoms with van der Waals surface area (Å²) in [5.74, 6) is 0. The van der Waals surface area contributed by atoms with Crippen molar-refractivity contribution in [2.24, 2.45) is 0 Å². The molecular formula is C54H35NO2. The molecule has 0 fully saturated rings. The van der Waals surface area contributed by atoms with Gasteiger partial charge in [-0.1, -0.05) is 152 Å². The largest absolute Gasteiger partial charge is 0.456 e. The zero-order valence-electron chi connectivity index (χ0n) is 31.0. The second kappa shape index (κ2) is 13.6. The molecule has 3 nitrogen and oxygen atoms in total. The molecule has 3 heteroatoms. The van der Waals surface area contributed by atoms with Crippen LogP contribution in [0.5, 0.6) is 0 Å². The second-order valence-electron chi connectivity index (χ2n) is 14.5. The van der Waals surface area contributed by atoms with E-state index in [1.807, 2.05) is 24.3 Å². The maximum absolute atomic E-state index is 6.40. The lowest BCUT2D eigenvalue weighted by Crippen LogP contribution is -2.09. The zero-order valence-corrected chi connectivity index (χ0v) is 31.0. The van der Waals surface area contributed by atoms with E-state index in [4.69, 9.17) is 8.83 Å². The summed E-state index contributed by atoms with van der Waals surface area (Å²) in [6.45, 7) is 0. The number of nitrogens with zero attached hydrogens (tertiary/aromatic N) is 1. The van der Waals surface area contributed by atoms with E-state index < -0.39 is 0 Å². The van der Waals surface area contributed by atoms with E-state index in [1.54, 1.807) is 0 Å². The van der Waals surface area contributed by atoms with Crippen LogP contribution in [0.15, 0.2) is 221 Å². The van der Waals surface area contributed by atoms with Gasteiger partial charge in [0.05, 0.1) is 0 Å². The van der Waals surface area contributed by atoms with Crippen molar-refractivity contribution in [2.45, 2.75) is 0 Å². The van der Waals surface area contributed by atoms with Crippen LogP contribution >= 0.6 is 0 Å². The molecule has 2 heterocycles. The minimum Gasteiger partial charge on any atom is -0.456 e. The molecule has 0 amide bonds. The van der Waals surface area contributed by atoms with E-state index in [0.717, 1.165) is 83.2 Å². The molecular weight excluding hydrogens is 695 g/mol. The molecule has 0 aliphatic carbocycles. The van der Waals surface area contributed by atoms with Crippen molar-refractivity contribution < 1.29 is 8.83 Å². The highest BCUT2D eigenvalue weighted by molar-refractivity contribution is 6.09. The molecule has 0 atom stereocenters. The fourth-order valence-electron chi connectivity index (χ4n) is 8.21. The summed E-state index contributed by atoms with van der Waals surface area (Å²) in [5.41, 5.74) is 16.0. The average Bonchev–Trinajstić information content (AvgIpc) is 3.86. The molecule has 11 aromatic rings. The first kappa shape index (κ1) is 32.8. The summed E-state index contributed by atoms with van der Waals surface area (Å²) >= 11 is 0. The Bertz CT molecular complexity index is 3190.